The fourth-order valence-corrected chi connectivity index (χ4v) is 5.72. The predicted molar refractivity (Wildman–Crippen MR) is 112 cm³/mol. The van der Waals surface area contributed by atoms with Gasteiger partial charge in [-0.1, -0.05) is 17.7 Å². The van der Waals surface area contributed by atoms with Crippen LogP contribution >= 0.6 is 12.4 Å². The summed E-state index contributed by atoms with van der Waals surface area (Å²) in [5, 5.41) is 22.9. The minimum atomic E-state index is -1.12. The van der Waals surface area contributed by atoms with Crippen LogP contribution in [-0.4, -0.2) is 51.5 Å². The largest absolute Gasteiger partial charge is 0.507 e. The lowest BCUT2D eigenvalue weighted by Gasteiger charge is -2.63. The summed E-state index contributed by atoms with van der Waals surface area (Å²) in [7, 11) is 0. The molecular weight excluding hydrogens is 392 g/mol. The lowest BCUT2D eigenvalue weighted by Crippen LogP contribution is -2.73. The first-order chi connectivity index (χ1) is 13.2. The van der Waals surface area contributed by atoms with Crippen LogP contribution < -0.4 is 5.73 Å². The number of likely N-dealkylation sites (tertiary alicyclic amines) is 1. The molecule has 29 heavy (non-hydrogen) atoms. The number of carbonyl (C=O) groups excluding carboxylic acids is 2. The van der Waals surface area contributed by atoms with Crippen LogP contribution in [0.15, 0.2) is 23.8 Å². The van der Waals surface area contributed by atoms with E-state index in [1.165, 1.54) is 5.57 Å². The topological polar surface area (TPSA) is 104 Å². The molecule has 158 valence electrons. The van der Waals surface area contributed by atoms with Gasteiger partial charge in [0.05, 0.1) is 11.2 Å². The Morgan fingerprint density at radius 2 is 2.07 bits per heavy atom. The number of Topliss-reactive ketones (excluding diaryl/α,β-unsaturated/α-hetero) is 1. The number of rotatable bonds is 3. The molecule has 1 amide bonds. The number of nitrogens with zero attached hydrogens (tertiary/aromatic N) is 1. The highest BCUT2D eigenvalue weighted by Gasteiger charge is 2.65. The van der Waals surface area contributed by atoms with Gasteiger partial charge in [0.25, 0.3) is 5.91 Å². The molecule has 3 atom stereocenters. The highest BCUT2D eigenvalue weighted by Crippen LogP contribution is 2.59. The smallest absolute Gasteiger partial charge is 0.252 e. The number of nitrogens with two attached hydrogens (primary N) is 1. The Morgan fingerprint density at radius 1 is 1.34 bits per heavy atom. The van der Waals surface area contributed by atoms with Crippen molar-refractivity contribution in [2.75, 3.05) is 13.1 Å². The average molecular weight is 421 g/mol. The zero-order valence-electron chi connectivity index (χ0n) is 16.9. The summed E-state index contributed by atoms with van der Waals surface area (Å²) in [6.45, 7) is 5.59. The lowest BCUT2D eigenvalue weighted by atomic mass is 9.49. The second-order valence-corrected chi connectivity index (χ2v) is 8.83. The monoisotopic (exact) mass is 420 g/mol. The van der Waals surface area contributed by atoms with E-state index in [1.807, 2.05) is 6.07 Å². The molecule has 1 saturated carbocycles. The summed E-state index contributed by atoms with van der Waals surface area (Å²) in [5.74, 6) is -0.766. The SMILES string of the molecule is CC(C)=CCN1CC[C@]23CC(=O)CC[C@@]2(O)[C@H]1Cc1ccc(C(N)=O)c(O)c13.Cl. The average Bonchev–Trinajstić information content (AvgIpc) is 2.61. The van der Waals surface area contributed by atoms with Gasteiger partial charge in [0, 0.05) is 36.4 Å². The Bertz CT molecular complexity index is 895. The van der Waals surface area contributed by atoms with Crippen LogP contribution in [0.2, 0.25) is 0 Å². The third kappa shape index (κ3) is 3.09. The maximum atomic E-state index is 12.5. The van der Waals surface area contributed by atoms with Crippen LogP contribution in [0.5, 0.6) is 5.75 Å². The van der Waals surface area contributed by atoms with Gasteiger partial charge in [-0.05, 0) is 51.3 Å². The number of fused-ring (bicyclic) bond motifs is 1. The number of hydrogen-bond donors (Lipinski definition) is 3. The van der Waals surface area contributed by atoms with Gasteiger partial charge in [-0.25, -0.2) is 0 Å². The molecule has 1 saturated heterocycles. The van der Waals surface area contributed by atoms with Crippen molar-refractivity contribution in [2.45, 2.75) is 63.0 Å². The van der Waals surface area contributed by atoms with Crippen molar-refractivity contribution in [1.82, 2.24) is 4.90 Å². The number of halogens is 1. The summed E-state index contributed by atoms with van der Waals surface area (Å²) in [6.07, 6.45) is 4.21. The summed E-state index contributed by atoms with van der Waals surface area (Å²) in [6, 6.07) is 3.25. The van der Waals surface area contributed by atoms with Crippen LogP contribution in [-0.2, 0) is 16.6 Å². The van der Waals surface area contributed by atoms with E-state index in [1.54, 1.807) is 6.07 Å². The Hall–Kier alpha value is -1.89. The first-order valence-corrected chi connectivity index (χ1v) is 9.96. The minimum Gasteiger partial charge on any atom is -0.507 e. The zero-order valence-corrected chi connectivity index (χ0v) is 17.7. The Balaban J connectivity index is 0.00000240. The lowest BCUT2D eigenvalue weighted by molar-refractivity contribution is -0.171. The van der Waals surface area contributed by atoms with Gasteiger partial charge in [0.2, 0.25) is 0 Å². The number of hydrogen-bond acceptors (Lipinski definition) is 5. The van der Waals surface area contributed by atoms with Crippen LogP contribution in [0.3, 0.4) is 0 Å². The number of amides is 1. The molecule has 1 aromatic carbocycles. The first kappa shape index (κ1) is 21.8. The van der Waals surface area contributed by atoms with Gasteiger partial charge < -0.3 is 15.9 Å². The standard InChI is InChI=1S/C22H28N2O4.ClH/c1-13(2)6-9-24-10-8-21-12-15(25)5-7-22(21,28)17(24)11-14-3-4-16(20(23)27)19(26)18(14)21;/h3-4,6,17,26,28H,5,7-12H2,1-2H3,(H2,23,27);1H/t17-,21-,22-;/m1./s1. The van der Waals surface area contributed by atoms with Crippen molar-refractivity contribution in [3.05, 3.63) is 40.5 Å². The maximum absolute atomic E-state index is 12.5. The van der Waals surface area contributed by atoms with E-state index in [9.17, 15) is 19.8 Å². The van der Waals surface area contributed by atoms with Gasteiger partial charge >= 0.3 is 0 Å². The Labute approximate surface area is 177 Å². The van der Waals surface area contributed by atoms with Crippen molar-refractivity contribution < 1.29 is 19.8 Å². The van der Waals surface area contributed by atoms with E-state index >= 15 is 0 Å². The fourth-order valence-electron chi connectivity index (χ4n) is 5.72. The molecule has 0 unspecified atom stereocenters. The molecule has 7 heteroatoms. The second kappa shape index (κ2) is 7.42. The van der Waals surface area contributed by atoms with Gasteiger partial charge in [0.1, 0.15) is 11.5 Å². The number of phenols is 1. The van der Waals surface area contributed by atoms with Crippen molar-refractivity contribution in [2.24, 2.45) is 5.73 Å². The van der Waals surface area contributed by atoms with Gasteiger partial charge in [-0.2, -0.15) is 0 Å². The molecule has 2 fully saturated rings. The molecule has 2 aliphatic carbocycles. The number of primary amides is 1. The molecule has 0 radical (unpaired) electrons. The molecule has 2 bridgehead atoms. The van der Waals surface area contributed by atoms with E-state index < -0.39 is 16.9 Å². The number of aromatic hydroxyl groups is 1. The molecule has 1 heterocycles. The third-order valence-corrected chi connectivity index (χ3v) is 7.09. The Morgan fingerprint density at radius 3 is 2.72 bits per heavy atom. The zero-order chi connectivity index (χ0) is 20.3. The van der Waals surface area contributed by atoms with E-state index in [2.05, 4.69) is 24.8 Å². The van der Waals surface area contributed by atoms with Crippen molar-refractivity contribution in [3.8, 4) is 5.75 Å². The molecule has 0 aromatic heterocycles. The fraction of sp³-hybridized carbons (Fsp3) is 0.545. The number of allylic oxidation sites excluding steroid dienone is 1. The van der Waals surface area contributed by atoms with Crippen molar-refractivity contribution in [1.29, 1.82) is 0 Å². The highest BCUT2D eigenvalue weighted by molar-refractivity contribution is 5.96. The number of benzene rings is 1. The molecule has 0 spiro atoms. The molecule has 4 N–H and O–H groups in total. The summed E-state index contributed by atoms with van der Waals surface area (Å²) >= 11 is 0. The van der Waals surface area contributed by atoms with Crippen LogP contribution in [0.25, 0.3) is 0 Å². The van der Waals surface area contributed by atoms with E-state index in [0.717, 1.165) is 18.7 Å². The molecule has 1 aliphatic heterocycles. The number of ketones is 1. The molecule has 6 nitrogen and oxygen atoms in total. The summed E-state index contributed by atoms with van der Waals surface area (Å²) < 4.78 is 0. The number of carbonyl (C=O) groups is 2. The van der Waals surface area contributed by atoms with Gasteiger partial charge in [-0.3, -0.25) is 14.5 Å². The predicted octanol–water partition coefficient (Wildman–Crippen LogP) is 2.23. The van der Waals surface area contributed by atoms with Gasteiger partial charge in [0.15, 0.2) is 0 Å². The van der Waals surface area contributed by atoms with Crippen LogP contribution in [0.1, 0.15) is 61.0 Å². The normalized spacial score (nSPS) is 30.6. The minimum absolute atomic E-state index is 0. The maximum Gasteiger partial charge on any atom is 0.252 e. The molecular formula is C22H29ClN2O4. The van der Waals surface area contributed by atoms with Crippen molar-refractivity contribution in [3.63, 3.8) is 0 Å². The number of aliphatic hydroxyl groups is 1. The van der Waals surface area contributed by atoms with Crippen LogP contribution in [0.4, 0.5) is 0 Å². The first-order valence-electron chi connectivity index (χ1n) is 9.96. The summed E-state index contributed by atoms with van der Waals surface area (Å²) in [5.41, 5.74) is 6.21. The van der Waals surface area contributed by atoms with E-state index in [4.69, 9.17) is 5.73 Å². The third-order valence-electron chi connectivity index (χ3n) is 7.09. The number of piperidine rings is 1. The molecule has 3 aliphatic rings. The van der Waals surface area contributed by atoms with Crippen molar-refractivity contribution >= 4 is 24.1 Å². The second-order valence-electron chi connectivity index (χ2n) is 8.83. The van der Waals surface area contributed by atoms with E-state index in [-0.39, 0.29) is 42.0 Å². The van der Waals surface area contributed by atoms with Crippen LogP contribution in [0, 0.1) is 0 Å². The summed E-state index contributed by atoms with van der Waals surface area (Å²) in [4.78, 5) is 26.6. The van der Waals surface area contributed by atoms with E-state index in [0.29, 0.717) is 31.2 Å². The highest BCUT2D eigenvalue weighted by atomic mass is 35.5. The quantitative estimate of drug-likeness (QED) is 0.650. The van der Waals surface area contributed by atoms with Gasteiger partial charge in [-0.15, -0.1) is 12.4 Å². The molecule has 1 aromatic rings. The Kier molecular flexibility index (Phi) is 5.58. The molecule has 4 rings (SSSR count).